The summed E-state index contributed by atoms with van der Waals surface area (Å²) in [5, 5.41) is 11.0. The Hall–Kier alpha value is -2.57. The van der Waals surface area contributed by atoms with Gasteiger partial charge in [-0.15, -0.1) is 0 Å². The van der Waals surface area contributed by atoms with Crippen LogP contribution in [0.5, 0.6) is 5.75 Å². The van der Waals surface area contributed by atoms with Crippen LogP contribution in [0.3, 0.4) is 0 Å². The van der Waals surface area contributed by atoms with Gasteiger partial charge in [0.15, 0.2) is 0 Å². The minimum Gasteiger partial charge on any atom is -0.497 e. The Balaban J connectivity index is 1.56. The molecule has 1 N–H and O–H groups in total. The Morgan fingerprint density at radius 3 is 2.80 bits per heavy atom. The SMILES string of the molecule is COc1cccc(NC(=O)N2CC(n3nccn3)C2)c1. The lowest BCUT2D eigenvalue weighted by Crippen LogP contribution is -2.52. The van der Waals surface area contributed by atoms with Gasteiger partial charge in [-0.2, -0.15) is 15.0 Å². The molecule has 1 aliphatic rings. The van der Waals surface area contributed by atoms with Gasteiger partial charge in [0.05, 0.1) is 19.5 Å². The molecule has 0 saturated carbocycles. The minimum atomic E-state index is -0.123. The van der Waals surface area contributed by atoms with Gasteiger partial charge >= 0.3 is 6.03 Å². The molecule has 3 rings (SSSR count). The zero-order valence-corrected chi connectivity index (χ0v) is 11.1. The fraction of sp³-hybridized carbons (Fsp3) is 0.308. The molecule has 7 heteroatoms. The first kappa shape index (κ1) is 12.5. The summed E-state index contributed by atoms with van der Waals surface area (Å²) in [6.07, 6.45) is 3.28. The van der Waals surface area contributed by atoms with Crippen LogP contribution in [-0.2, 0) is 0 Å². The largest absolute Gasteiger partial charge is 0.497 e. The molecule has 20 heavy (non-hydrogen) atoms. The Labute approximate surface area is 116 Å². The number of likely N-dealkylation sites (tertiary alicyclic amines) is 1. The van der Waals surface area contributed by atoms with Gasteiger partial charge < -0.3 is 15.0 Å². The lowest BCUT2D eigenvalue weighted by Gasteiger charge is -2.38. The van der Waals surface area contributed by atoms with Crippen molar-refractivity contribution in [2.75, 3.05) is 25.5 Å². The summed E-state index contributed by atoms with van der Waals surface area (Å²) in [6, 6.07) is 7.32. The van der Waals surface area contributed by atoms with E-state index in [1.54, 1.807) is 35.3 Å². The molecular formula is C13H15N5O2. The number of methoxy groups -OCH3 is 1. The van der Waals surface area contributed by atoms with E-state index < -0.39 is 0 Å². The molecule has 0 radical (unpaired) electrons. The van der Waals surface area contributed by atoms with Crippen LogP contribution in [0.1, 0.15) is 6.04 Å². The van der Waals surface area contributed by atoms with Crippen molar-refractivity contribution in [3.05, 3.63) is 36.7 Å². The topological polar surface area (TPSA) is 72.3 Å². The van der Waals surface area contributed by atoms with Gasteiger partial charge in [-0.3, -0.25) is 0 Å². The molecule has 1 aliphatic heterocycles. The molecule has 2 aromatic rings. The summed E-state index contributed by atoms with van der Waals surface area (Å²) in [7, 11) is 1.60. The number of carbonyl (C=O) groups is 1. The van der Waals surface area contributed by atoms with Crippen molar-refractivity contribution >= 4 is 11.7 Å². The van der Waals surface area contributed by atoms with Gasteiger partial charge in [-0.1, -0.05) is 6.07 Å². The number of amides is 2. The van der Waals surface area contributed by atoms with Crippen molar-refractivity contribution in [2.45, 2.75) is 6.04 Å². The van der Waals surface area contributed by atoms with Crippen LogP contribution < -0.4 is 10.1 Å². The van der Waals surface area contributed by atoms with E-state index in [9.17, 15) is 4.79 Å². The maximum atomic E-state index is 12.0. The lowest BCUT2D eigenvalue weighted by atomic mass is 10.1. The smallest absolute Gasteiger partial charge is 0.321 e. The first-order chi connectivity index (χ1) is 9.76. The summed E-state index contributed by atoms with van der Waals surface area (Å²) < 4.78 is 5.12. The van der Waals surface area contributed by atoms with Crippen LogP contribution in [0.2, 0.25) is 0 Å². The van der Waals surface area contributed by atoms with E-state index in [1.807, 2.05) is 18.2 Å². The Morgan fingerprint density at radius 1 is 1.35 bits per heavy atom. The normalized spacial score (nSPS) is 14.8. The molecule has 7 nitrogen and oxygen atoms in total. The number of nitrogens with zero attached hydrogens (tertiary/aromatic N) is 4. The molecule has 0 spiro atoms. The fourth-order valence-electron chi connectivity index (χ4n) is 2.09. The number of hydrogen-bond acceptors (Lipinski definition) is 4. The summed E-state index contributed by atoms with van der Waals surface area (Å²) in [5.41, 5.74) is 0.718. The predicted molar refractivity (Wildman–Crippen MR) is 72.6 cm³/mol. The van der Waals surface area contributed by atoms with Gasteiger partial charge in [0.2, 0.25) is 0 Å². The van der Waals surface area contributed by atoms with Gasteiger partial charge in [0, 0.05) is 24.8 Å². The van der Waals surface area contributed by atoms with Crippen molar-refractivity contribution in [1.82, 2.24) is 19.9 Å². The predicted octanol–water partition coefficient (Wildman–Crippen LogP) is 1.38. The van der Waals surface area contributed by atoms with Gasteiger partial charge in [0.25, 0.3) is 0 Å². The Morgan fingerprint density at radius 2 is 2.10 bits per heavy atom. The number of anilines is 1. The average molecular weight is 273 g/mol. The number of carbonyl (C=O) groups excluding carboxylic acids is 1. The lowest BCUT2D eigenvalue weighted by molar-refractivity contribution is 0.119. The van der Waals surface area contributed by atoms with Crippen LogP contribution in [0, 0.1) is 0 Å². The van der Waals surface area contributed by atoms with Crippen molar-refractivity contribution in [2.24, 2.45) is 0 Å². The fourth-order valence-corrected chi connectivity index (χ4v) is 2.09. The van der Waals surface area contributed by atoms with Crippen LogP contribution >= 0.6 is 0 Å². The number of urea groups is 1. The van der Waals surface area contributed by atoms with Gasteiger partial charge in [-0.25, -0.2) is 4.79 Å². The number of hydrogen-bond donors (Lipinski definition) is 1. The maximum absolute atomic E-state index is 12.0. The summed E-state index contributed by atoms with van der Waals surface area (Å²) in [4.78, 5) is 15.4. The maximum Gasteiger partial charge on any atom is 0.321 e. The minimum absolute atomic E-state index is 0.123. The highest BCUT2D eigenvalue weighted by atomic mass is 16.5. The third-order valence-corrected chi connectivity index (χ3v) is 3.23. The van der Waals surface area contributed by atoms with E-state index in [1.165, 1.54) is 0 Å². The second-order valence-corrected chi connectivity index (χ2v) is 4.57. The van der Waals surface area contributed by atoms with Crippen molar-refractivity contribution in [3.8, 4) is 5.75 Å². The summed E-state index contributed by atoms with van der Waals surface area (Å²) in [5.74, 6) is 0.713. The van der Waals surface area contributed by atoms with E-state index in [-0.39, 0.29) is 12.1 Å². The number of nitrogens with one attached hydrogen (secondary N) is 1. The molecule has 0 aliphatic carbocycles. The first-order valence-corrected chi connectivity index (χ1v) is 6.32. The standard InChI is InChI=1S/C13H15N5O2/c1-20-12-4-2-3-10(7-12)16-13(19)17-8-11(9-17)18-14-5-6-15-18/h2-7,11H,8-9H2,1H3,(H,16,19). The third-order valence-electron chi connectivity index (χ3n) is 3.23. The molecule has 0 unspecified atom stereocenters. The highest BCUT2D eigenvalue weighted by molar-refractivity contribution is 5.90. The first-order valence-electron chi connectivity index (χ1n) is 6.32. The Bertz CT molecular complexity index is 593. The highest BCUT2D eigenvalue weighted by Crippen LogP contribution is 2.22. The summed E-state index contributed by atoms with van der Waals surface area (Å²) >= 11 is 0. The highest BCUT2D eigenvalue weighted by Gasteiger charge is 2.33. The second-order valence-electron chi connectivity index (χ2n) is 4.57. The van der Waals surface area contributed by atoms with Crippen LogP contribution in [0.4, 0.5) is 10.5 Å². The van der Waals surface area contributed by atoms with E-state index in [2.05, 4.69) is 15.5 Å². The molecule has 1 aromatic carbocycles. The van der Waals surface area contributed by atoms with Gasteiger partial charge in [0.1, 0.15) is 11.8 Å². The van der Waals surface area contributed by atoms with E-state index in [0.717, 1.165) is 5.69 Å². The quantitative estimate of drug-likeness (QED) is 0.917. The zero-order chi connectivity index (χ0) is 13.9. The molecule has 1 saturated heterocycles. The number of aromatic nitrogens is 3. The van der Waals surface area contributed by atoms with Crippen molar-refractivity contribution < 1.29 is 9.53 Å². The number of rotatable bonds is 3. The molecule has 2 amide bonds. The summed E-state index contributed by atoms with van der Waals surface area (Å²) in [6.45, 7) is 1.23. The Kier molecular flexibility index (Phi) is 3.24. The number of benzene rings is 1. The second kappa shape index (κ2) is 5.20. The molecule has 104 valence electrons. The zero-order valence-electron chi connectivity index (χ0n) is 11.1. The molecular weight excluding hydrogens is 258 g/mol. The molecule has 0 bridgehead atoms. The molecule has 2 heterocycles. The van der Waals surface area contributed by atoms with Crippen LogP contribution in [0.15, 0.2) is 36.7 Å². The van der Waals surface area contributed by atoms with Crippen LogP contribution in [-0.4, -0.2) is 46.1 Å². The molecule has 1 aromatic heterocycles. The third kappa shape index (κ3) is 2.42. The van der Waals surface area contributed by atoms with E-state index in [4.69, 9.17) is 4.74 Å². The van der Waals surface area contributed by atoms with Gasteiger partial charge in [-0.05, 0) is 12.1 Å². The van der Waals surface area contributed by atoms with E-state index in [0.29, 0.717) is 18.8 Å². The molecule has 1 fully saturated rings. The van der Waals surface area contributed by atoms with Crippen molar-refractivity contribution in [3.63, 3.8) is 0 Å². The average Bonchev–Trinajstić information content (AvgIpc) is 2.91. The van der Waals surface area contributed by atoms with Crippen molar-refractivity contribution in [1.29, 1.82) is 0 Å². The number of ether oxygens (including phenoxy) is 1. The molecule has 0 atom stereocenters. The van der Waals surface area contributed by atoms with E-state index >= 15 is 0 Å². The van der Waals surface area contributed by atoms with Crippen LogP contribution in [0.25, 0.3) is 0 Å². The monoisotopic (exact) mass is 273 g/mol.